The minimum Gasteiger partial charge on any atom is -0.377 e. The molecule has 1 rings (SSSR count). The summed E-state index contributed by atoms with van der Waals surface area (Å²) in [4.78, 5) is 13.6. The lowest BCUT2D eigenvalue weighted by Crippen LogP contribution is -2.15. The van der Waals surface area contributed by atoms with Gasteiger partial charge in [0.25, 0.3) is 0 Å². The maximum Gasteiger partial charge on any atom is 0.175 e. The fraction of sp³-hybridized carbons (Fsp3) is 0.417. The molecular weight excluding hydrogens is 238 g/mol. The molecule has 0 N–H and O–H groups in total. The van der Waals surface area contributed by atoms with Crippen molar-refractivity contribution in [1.82, 2.24) is 0 Å². The van der Waals surface area contributed by atoms with Gasteiger partial charge in [0.05, 0.1) is 10.6 Å². The summed E-state index contributed by atoms with van der Waals surface area (Å²) in [7, 11) is 0.362. The van der Waals surface area contributed by atoms with Crippen LogP contribution in [0.25, 0.3) is 0 Å². The van der Waals surface area contributed by atoms with Gasteiger partial charge >= 0.3 is 0 Å². The molecule has 0 fully saturated rings. The van der Waals surface area contributed by atoms with E-state index in [1.807, 2.05) is 19.0 Å². The molecule has 94 valence electrons. The Kier molecular flexibility index (Phi) is 3.62. The van der Waals surface area contributed by atoms with Crippen LogP contribution in [0.2, 0.25) is 0 Å². The van der Waals surface area contributed by atoms with Gasteiger partial charge in [-0.3, -0.25) is 4.79 Å². The van der Waals surface area contributed by atoms with Gasteiger partial charge in [-0.05, 0) is 31.5 Å². The predicted molar refractivity (Wildman–Crippen MR) is 68.6 cm³/mol. The third-order valence-electron chi connectivity index (χ3n) is 2.53. The summed E-state index contributed by atoms with van der Waals surface area (Å²) >= 11 is 0. The lowest BCUT2D eigenvalue weighted by Gasteiger charge is -2.20. The van der Waals surface area contributed by atoms with Crippen LogP contribution < -0.4 is 4.90 Å². The standard InChI is InChI=1S/C12H17NO3S/c1-8-6-10(17(5,15)16)7-11(9(2)14)12(8)13(3)4/h6-7H,1-5H3. The Balaban J connectivity index is 3.64. The number of aryl methyl sites for hydroxylation is 1. The predicted octanol–water partition coefficient (Wildman–Crippen LogP) is 1.67. The van der Waals surface area contributed by atoms with Gasteiger partial charge in [0.1, 0.15) is 0 Å². The number of hydrogen-bond donors (Lipinski definition) is 0. The molecule has 0 aliphatic carbocycles. The van der Waals surface area contributed by atoms with Gasteiger partial charge in [-0.1, -0.05) is 0 Å². The maximum atomic E-state index is 11.6. The number of benzene rings is 1. The Hall–Kier alpha value is -1.36. The number of sulfone groups is 1. The Morgan fingerprint density at radius 2 is 1.76 bits per heavy atom. The molecule has 0 bridgehead atoms. The summed E-state index contributed by atoms with van der Waals surface area (Å²) in [6.45, 7) is 3.24. The fourth-order valence-electron chi connectivity index (χ4n) is 1.82. The first-order chi connectivity index (χ1) is 7.64. The van der Waals surface area contributed by atoms with E-state index >= 15 is 0 Å². The molecule has 1 aromatic carbocycles. The van der Waals surface area contributed by atoms with E-state index in [0.717, 1.165) is 17.5 Å². The Labute approximate surface area is 102 Å². The van der Waals surface area contributed by atoms with Crippen molar-refractivity contribution in [2.45, 2.75) is 18.7 Å². The van der Waals surface area contributed by atoms with Crippen molar-refractivity contribution < 1.29 is 13.2 Å². The molecule has 0 radical (unpaired) electrons. The monoisotopic (exact) mass is 255 g/mol. The van der Waals surface area contributed by atoms with Crippen LogP contribution in [0.15, 0.2) is 17.0 Å². The Morgan fingerprint density at radius 3 is 2.12 bits per heavy atom. The van der Waals surface area contributed by atoms with Crippen LogP contribution in [0.4, 0.5) is 5.69 Å². The number of nitrogens with zero attached hydrogens (tertiary/aromatic N) is 1. The molecule has 0 aromatic heterocycles. The van der Waals surface area contributed by atoms with E-state index in [0.29, 0.717) is 5.56 Å². The number of carbonyl (C=O) groups excluding carboxylic acids is 1. The van der Waals surface area contributed by atoms with Crippen LogP contribution in [0.3, 0.4) is 0 Å². The maximum absolute atomic E-state index is 11.6. The molecule has 0 saturated carbocycles. The first-order valence-electron chi connectivity index (χ1n) is 5.17. The Bertz CT molecular complexity index is 559. The SMILES string of the molecule is CC(=O)c1cc(S(C)(=O)=O)cc(C)c1N(C)C. The average molecular weight is 255 g/mol. The number of rotatable bonds is 3. The third kappa shape index (κ3) is 2.85. The lowest BCUT2D eigenvalue weighted by atomic mass is 10.0. The van der Waals surface area contributed by atoms with Crippen molar-refractivity contribution >= 4 is 21.3 Å². The van der Waals surface area contributed by atoms with Gasteiger partial charge in [-0.25, -0.2) is 8.42 Å². The summed E-state index contributed by atoms with van der Waals surface area (Å²) in [5.41, 5.74) is 1.99. The topological polar surface area (TPSA) is 54.5 Å². The zero-order valence-electron chi connectivity index (χ0n) is 10.7. The quantitative estimate of drug-likeness (QED) is 0.771. The van der Waals surface area contributed by atoms with Crippen molar-refractivity contribution in [3.63, 3.8) is 0 Å². The largest absolute Gasteiger partial charge is 0.377 e. The van der Waals surface area contributed by atoms with Gasteiger partial charge < -0.3 is 4.90 Å². The van der Waals surface area contributed by atoms with Crippen LogP contribution in [0.5, 0.6) is 0 Å². The van der Waals surface area contributed by atoms with Crippen molar-refractivity contribution in [3.8, 4) is 0 Å². The second-order valence-electron chi connectivity index (χ2n) is 4.36. The van der Waals surface area contributed by atoms with Gasteiger partial charge in [0.15, 0.2) is 15.6 Å². The molecule has 0 spiro atoms. The molecule has 17 heavy (non-hydrogen) atoms. The van der Waals surface area contributed by atoms with E-state index in [2.05, 4.69) is 0 Å². The van der Waals surface area contributed by atoms with Crippen LogP contribution in [0.1, 0.15) is 22.8 Å². The van der Waals surface area contributed by atoms with Gasteiger partial charge in [-0.15, -0.1) is 0 Å². The fourth-order valence-corrected chi connectivity index (χ4v) is 2.55. The van der Waals surface area contributed by atoms with Crippen LogP contribution in [0, 0.1) is 6.92 Å². The molecule has 0 atom stereocenters. The zero-order chi connectivity index (χ0) is 13.4. The second-order valence-corrected chi connectivity index (χ2v) is 6.37. The van der Waals surface area contributed by atoms with Crippen molar-refractivity contribution in [1.29, 1.82) is 0 Å². The first kappa shape index (κ1) is 13.7. The lowest BCUT2D eigenvalue weighted by molar-refractivity contribution is 0.101. The molecule has 0 heterocycles. The minimum absolute atomic E-state index is 0.137. The van der Waals surface area contributed by atoms with E-state index in [9.17, 15) is 13.2 Å². The molecular formula is C12H17NO3S. The van der Waals surface area contributed by atoms with Gasteiger partial charge in [-0.2, -0.15) is 0 Å². The molecule has 4 nitrogen and oxygen atoms in total. The highest BCUT2D eigenvalue weighted by atomic mass is 32.2. The van der Waals surface area contributed by atoms with Crippen LogP contribution in [-0.2, 0) is 9.84 Å². The highest BCUT2D eigenvalue weighted by Crippen LogP contribution is 2.27. The Morgan fingerprint density at radius 1 is 1.24 bits per heavy atom. The van der Waals surface area contributed by atoms with Gasteiger partial charge in [0.2, 0.25) is 0 Å². The number of carbonyl (C=O) groups is 1. The number of Topliss-reactive ketones (excluding diaryl/α,β-unsaturated/α-hetero) is 1. The van der Waals surface area contributed by atoms with Crippen LogP contribution in [-0.4, -0.2) is 34.6 Å². The van der Waals surface area contributed by atoms with Crippen molar-refractivity contribution in [3.05, 3.63) is 23.3 Å². The molecule has 0 unspecified atom stereocenters. The summed E-state index contributed by atoms with van der Waals surface area (Å²) in [6, 6.07) is 3.04. The number of anilines is 1. The van der Waals surface area contributed by atoms with Crippen LogP contribution >= 0.6 is 0 Å². The minimum atomic E-state index is -3.29. The smallest absolute Gasteiger partial charge is 0.175 e. The van der Waals surface area contributed by atoms with E-state index < -0.39 is 9.84 Å². The normalized spacial score (nSPS) is 11.4. The average Bonchev–Trinajstić information content (AvgIpc) is 2.13. The van der Waals surface area contributed by atoms with E-state index in [-0.39, 0.29) is 10.7 Å². The second kappa shape index (κ2) is 4.49. The molecule has 0 saturated heterocycles. The highest BCUT2D eigenvalue weighted by molar-refractivity contribution is 7.90. The van der Waals surface area contributed by atoms with E-state index in [1.165, 1.54) is 13.0 Å². The third-order valence-corrected chi connectivity index (χ3v) is 3.62. The number of hydrogen-bond acceptors (Lipinski definition) is 4. The molecule has 5 heteroatoms. The van der Waals surface area contributed by atoms with E-state index in [4.69, 9.17) is 0 Å². The summed E-state index contributed by atoms with van der Waals surface area (Å²) < 4.78 is 23.0. The molecule has 0 amide bonds. The summed E-state index contributed by atoms with van der Waals surface area (Å²) in [5, 5.41) is 0. The van der Waals surface area contributed by atoms with Crippen molar-refractivity contribution in [2.24, 2.45) is 0 Å². The first-order valence-corrected chi connectivity index (χ1v) is 7.06. The summed E-state index contributed by atoms with van der Waals surface area (Å²) in [6.07, 6.45) is 1.14. The van der Waals surface area contributed by atoms with Gasteiger partial charge in [0, 0.05) is 25.9 Å². The molecule has 0 aliphatic rings. The molecule has 1 aromatic rings. The summed E-state index contributed by atoms with van der Waals surface area (Å²) in [5.74, 6) is -0.137. The number of ketones is 1. The highest BCUT2D eigenvalue weighted by Gasteiger charge is 2.17. The molecule has 0 aliphatic heterocycles. The van der Waals surface area contributed by atoms with E-state index in [1.54, 1.807) is 13.0 Å². The zero-order valence-corrected chi connectivity index (χ0v) is 11.6. The van der Waals surface area contributed by atoms with Crippen molar-refractivity contribution in [2.75, 3.05) is 25.3 Å².